The van der Waals surface area contributed by atoms with Crippen LogP contribution in [0, 0.1) is 0 Å². The van der Waals surface area contributed by atoms with Gasteiger partial charge in [0.05, 0.1) is 0 Å². The van der Waals surface area contributed by atoms with Gasteiger partial charge in [-0.15, -0.1) is 0 Å². The van der Waals surface area contributed by atoms with Crippen molar-refractivity contribution in [1.82, 2.24) is 0 Å². The Balaban J connectivity index is 6.18. The molecule has 158 valence electrons. The van der Waals surface area contributed by atoms with Crippen LogP contribution in [0.15, 0.2) is 0 Å². The molecule has 28 heavy (non-hydrogen) atoms. The SMILES string of the molecule is CC(=O)OC[C@@H](OC(C)=O)[C@H](OC(C)=O)[C@H](OC(C)=O)[C@@H](OC(C)=O)C(=O)Cl. The van der Waals surface area contributed by atoms with Gasteiger partial charge in [0.25, 0.3) is 5.24 Å². The van der Waals surface area contributed by atoms with Crippen molar-refractivity contribution < 1.29 is 52.5 Å². The van der Waals surface area contributed by atoms with Gasteiger partial charge in [0.15, 0.2) is 18.3 Å². The molecule has 0 aromatic rings. The van der Waals surface area contributed by atoms with Gasteiger partial charge >= 0.3 is 29.8 Å². The third-order valence-electron chi connectivity index (χ3n) is 2.88. The molecule has 0 saturated heterocycles. The highest BCUT2D eigenvalue weighted by Crippen LogP contribution is 2.21. The average molecular weight is 425 g/mol. The summed E-state index contributed by atoms with van der Waals surface area (Å²) in [5.41, 5.74) is 0. The molecule has 0 unspecified atom stereocenters. The molecule has 12 heteroatoms. The van der Waals surface area contributed by atoms with Gasteiger partial charge in [0, 0.05) is 34.6 Å². The number of carbonyl (C=O) groups is 6. The van der Waals surface area contributed by atoms with Gasteiger partial charge in [-0.1, -0.05) is 0 Å². The third-order valence-corrected chi connectivity index (χ3v) is 3.09. The Hall–Kier alpha value is -2.69. The van der Waals surface area contributed by atoms with Crippen molar-refractivity contribution in [2.45, 2.75) is 59.0 Å². The minimum Gasteiger partial charge on any atom is -0.462 e. The first-order valence-electron chi connectivity index (χ1n) is 7.86. The fraction of sp³-hybridized carbons (Fsp3) is 0.625. The lowest BCUT2D eigenvalue weighted by molar-refractivity contribution is -0.201. The number of hydrogen-bond acceptors (Lipinski definition) is 11. The number of rotatable bonds is 10. The second kappa shape index (κ2) is 11.9. The smallest absolute Gasteiger partial charge is 0.303 e. The van der Waals surface area contributed by atoms with Crippen molar-refractivity contribution in [3.8, 4) is 0 Å². The minimum atomic E-state index is -1.90. The number of carbonyl (C=O) groups excluding carboxylic acids is 6. The molecule has 0 aromatic carbocycles. The van der Waals surface area contributed by atoms with Crippen LogP contribution in [-0.4, -0.2) is 66.1 Å². The van der Waals surface area contributed by atoms with E-state index in [0.29, 0.717) is 0 Å². The lowest BCUT2D eigenvalue weighted by atomic mass is 10.0. The molecule has 0 aliphatic rings. The second-order valence-corrected chi connectivity index (χ2v) is 5.81. The number of esters is 5. The van der Waals surface area contributed by atoms with Crippen molar-refractivity contribution in [3.05, 3.63) is 0 Å². The highest BCUT2D eigenvalue weighted by molar-refractivity contribution is 6.64. The van der Waals surface area contributed by atoms with Crippen molar-refractivity contribution in [2.75, 3.05) is 6.61 Å². The molecule has 4 atom stereocenters. The summed E-state index contributed by atoms with van der Waals surface area (Å²) in [5, 5.41) is -1.26. The molecule has 0 saturated carbocycles. The van der Waals surface area contributed by atoms with Crippen LogP contribution in [0.25, 0.3) is 0 Å². The lowest BCUT2D eigenvalue weighted by Gasteiger charge is -2.34. The highest BCUT2D eigenvalue weighted by atomic mass is 35.5. The van der Waals surface area contributed by atoms with E-state index in [1.165, 1.54) is 0 Å². The zero-order valence-corrected chi connectivity index (χ0v) is 16.6. The van der Waals surface area contributed by atoms with Crippen LogP contribution < -0.4 is 0 Å². The van der Waals surface area contributed by atoms with E-state index in [2.05, 4.69) is 0 Å². The third kappa shape index (κ3) is 9.86. The summed E-state index contributed by atoms with van der Waals surface area (Å²) in [7, 11) is 0. The molecule has 0 spiro atoms. The van der Waals surface area contributed by atoms with E-state index < -0.39 is 66.1 Å². The molecule has 0 amide bonds. The molecule has 0 rings (SSSR count). The summed E-state index contributed by atoms with van der Waals surface area (Å²) >= 11 is 5.44. The minimum absolute atomic E-state index is 0.617. The second-order valence-electron chi connectivity index (χ2n) is 5.43. The molecule has 0 N–H and O–H groups in total. The number of hydrogen-bond donors (Lipinski definition) is 0. The Morgan fingerprint density at radius 3 is 1.43 bits per heavy atom. The van der Waals surface area contributed by atoms with Gasteiger partial charge in [0.1, 0.15) is 6.61 Å². The molecule has 0 aliphatic heterocycles. The Kier molecular flexibility index (Phi) is 10.8. The summed E-state index contributed by atoms with van der Waals surface area (Å²) < 4.78 is 24.5. The molecule has 0 radical (unpaired) electrons. The van der Waals surface area contributed by atoms with E-state index in [4.69, 9.17) is 35.3 Å². The normalized spacial score (nSPS) is 14.5. The standard InChI is InChI=1S/C16H21ClO11/c1-7(18)24-6-12(25-8(2)19)13(26-9(3)20)14(27-10(4)21)15(16(17)23)28-11(5)22/h12-15H,6H2,1-5H3/t12-,13+,14+,15-/m1/s1. The molecule has 11 nitrogen and oxygen atoms in total. The molecular formula is C16H21ClO11. The average Bonchev–Trinajstić information content (AvgIpc) is 2.51. The first-order valence-corrected chi connectivity index (χ1v) is 8.24. The maximum Gasteiger partial charge on any atom is 0.303 e. The van der Waals surface area contributed by atoms with E-state index in [1.54, 1.807) is 0 Å². The maximum atomic E-state index is 11.8. The topological polar surface area (TPSA) is 149 Å². The fourth-order valence-corrected chi connectivity index (χ4v) is 2.24. The molecular weight excluding hydrogens is 404 g/mol. The Labute approximate surface area is 165 Å². The van der Waals surface area contributed by atoms with E-state index in [1.807, 2.05) is 0 Å². The molecule has 0 heterocycles. The van der Waals surface area contributed by atoms with Crippen LogP contribution in [-0.2, 0) is 52.5 Å². The van der Waals surface area contributed by atoms with E-state index in [0.717, 1.165) is 34.6 Å². The quantitative estimate of drug-likeness (QED) is 0.266. The summed E-state index contributed by atoms with van der Waals surface area (Å²) in [6, 6.07) is 0. The van der Waals surface area contributed by atoms with Crippen molar-refractivity contribution in [3.63, 3.8) is 0 Å². The van der Waals surface area contributed by atoms with Gasteiger partial charge in [0.2, 0.25) is 6.10 Å². The lowest BCUT2D eigenvalue weighted by Crippen LogP contribution is -2.54. The van der Waals surface area contributed by atoms with Gasteiger partial charge in [-0.05, 0) is 11.6 Å². The Bertz CT molecular complexity index is 630. The summed E-state index contributed by atoms with van der Waals surface area (Å²) in [5.74, 6) is -4.46. The first kappa shape index (κ1) is 25.3. The van der Waals surface area contributed by atoms with Crippen LogP contribution >= 0.6 is 11.6 Å². The summed E-state index contributed by atoms with van der Waals surface area (Å²) in [6.45, 7) is 4.38. The van der Waals surface area contributed by atoms with Gasteiger partial charge < -0.3 is 23.7 Å². The van der Waals surface area contributed by atoms with Crippen molar-refractivity contribution in [1.29, 1.82) is 0 Å². The van der Waals surface area contributed by atoms with Crippen LogP contribution in [0.5, 0.6) is 0 Å². The zero-order chi connectivity index (χ0) is 22.0. The number of ether oxygens (including phenoxy) is 5. The molecule has 0 fully saturated rings. The van der Waals surface area contributed by atoms with Crippen LogP contribution in [0.2, 0.25) is 0 Å². The van der Waals surface area contributed by atoms with Crippen molar-refractivity contribution >= 4 is 46.7 Å². The maximum absolute atomic E-state index is 11.8. The fourth-order valence-electron chi connectivity index (χ4n) is 2.07. The van der Waals surface area contributed by atoms with Gasteiger partial charge in [-0.25, -0.2) is 0 Å². The van der Waals surface area contributed by atoms with E-state index in [-0.39, 0.29) is 0 Å². The van der Waals surface area contributed by atoms with Gasteiger partial charge in [-0.3, -0.25) is 28.8 Å². The monoisotopic (exact) mass is 424 g/mol. The van der Waals surface area contributed by atoms with E-state index in [9.17, 15) is 28.8 Å². The molecule has 0 aromatic heterocycles. The molecule has 0 bridgehead atoms. The highest BCUT2D eigenvalue weighted by Gasteiger charge is 2.46. The van der Waals surface area contributed by atoms with E-state index >= 15 is 0 Å². The van der Waals surface area contributed by atoms with Gasteiger partial charge in [-0.2, -0.15) is 0 Å². The summed E-state index contributed by atoms with van der Waals surface area (Å²) in [4.78, 5) is 68.7. The predicted octanol–water partition coefficient (Wildman–Crippen LogP) is 0.0417. The van der Waals surface area contributed by atoms with Crippen molar-refractivity contribution in [2.24, 2.45) is 0 Å². The van der Waals surface area contributed by atoms with Crippen LogP contribution in [0.3, 0.4) is 0 Å². The largest absolute Gasteiger partial charge is 0.462 e. The van der Waals surface area contributed by atoms with Crippen LogP contribution in [0.1, 0.15) is 34.6 Å². The van der Waals surface area contributed by atoms with Crippen LogP contribution in [0.4, 0.5) is 0 Å². The number of halogens is 1. The Morgan fingerprint density at radius 2 is 1.07 bits per heavy atom. The Morgan fingerprint density at radius 1 is 0.643 bits per heavy atom. The summed E-state index contributed by atoms with van der Waals surface area (Å²) in [6.07, 6.45) is -6.90. The predicted molar refractivity (Wildman–Crippen MR) is 89.7 cm³/mol. The first-order chi connectivity index (χ1) is 12.8. The molecule has 0 aliphatic carbocycles. The zero-order valence-electron chi connectivity index (χ0n) is 15.9.